The first-order chi connectivity index (χ1) is 7.97. The van der Waals surface area contributed by atoms with Gasteiger partial charge in [-0.15, -0.1) is 0 Å². The number of carbonyl (C=O) groups excluding carboxylic acids is 1. The van der Waals surface area contributed by atoms with Gasteiger partial charge in [0.25, 0.3) is 5.91 Å². The number of aryl methyl sites for hydroxylation is 1. The van der Waals surface area contributed by atoms with Crippen LogP contribution in [0.1, 0.15) is 36.2 Å². The summed E-state index contributed by atoms with van der Waals surface area (Å²) in [5, 5.41) is 8.84. The molecule has 0 radical (unpaired) electrons. The van der Waals surface area contributed by atoms with E-state index in [-0.39, 0.29) is 18.5 Å². The monoisotopic (exact) mass is 238 g/mol. The number of aromatic amines is 1. The molecule has 1 heterocycles. The van der Waals surface area contributed by atoms with Gasteiger partial charge in [0.05, 0.1) is 5.56 Å². The predicted molar refractivity (Wildman–Crippen MR) is 64.0 cm³/mol. The zero-order valence-corrected chi connectivity index (χ0v) is 10.4. The van der Waals surface area contributed by atoms with Gasteiger partial charge in [-0.2, -0.15) is 0 Å². The summed E-state index contributed by atoms with van der Waals surface area (Å²) >= 11 is 0. The predicted octanol–water partition coefficient (Wildman–Crippen LogP) is 1.65. The van der Waals surface area contributed by atoms with E-state index in [9.17, 15) is 9.59 Å². The average molecular weight is 238 g/mol. The molecule has 17 heavy (non-hydrogen) atoms. The Balaban J connectivity index is 2.94. The molecule has 1 aromatic heterocycles. The fourth-order valence-corrected chi connectivity index (χ4v) is 1.62. The van der Waals surface area contributed by atoms with Crippen LogP contribution in [0, 0.1) is 6.92 Å². The molecule has 0 saturated heterocycles. The van der Waals surface area contributed by atoms with Crippen molar-refractivity contribution in [3.05, 3.63) is 23.5 Å². The summed E-state index contributed by atoms with van der Waals surface area (Å²) in [4.78, 5) is 27.2. The van der Waals surface area contributed by atoms with E-state index in [0.717, 1.165) is 12.0 Å². The number of rotatable bonds is 5. The minimum absolute atomic E-state index is 0.0899. The molecule has 1 amide bonds. The number of nitrogens with zero attached hydrogens (tertiary/aromatic N) is 1. The number of aromatic nitrogens is 1. The van der Waals surface area contributed by atoms with Gasteiger partial charge in [-0.1, -0.05) is 6.92 Å². The minimum Gasteiger partial charge on any atom is -0.480 e. The molecule has 0 saturated carbocycles. The van der Waals surface area contributed by atoms with E-state index in [1.165, 1.54) is 4.90 Å². The van der Waals surface area contributed by atoms with Crippen LogP contribution in [0.3, 0.4) is 0 Å². The maximum absolute atomic E-state index is 12.2. The number of carbonyl (C=O) groups is 2. The van der Waals surface area contributed by atoms with Crippen molar-refractivity contribution in [2.75, 3.05) is 6.54 Å². The molecular weight excluding hydrogens is 220 g/mol. The molecule has 5 nitrogen and oxygen atoms in total. The lowest BCUT2D eigenvalue weighted by Crippen LogP contribution is -2.41. The quantitative estimate of drug-likeness (QED) is 0.819. The number of carboxylic acid groups (broad SMARTS) is 1. The molecule has 0 aliphatic carbocycles. The average Bonchev–Trinajstić information content (AvgIpc) is 2.70. The van der Waals surface area contributed by atoms with Crippen LogP contribution in [0.25, 0.3) is 0 Å². The standard InChI is InChI=1S/C12H18N2O3/c1-4-9(3)14(7-11(15)16)12(17)10-6-13-5-8(10)2/h5-6,9,13H,4,7H2,1-3H3,(H,15,16). The van der Waals surface area contributed by atoms with E-state index in [4.69, 9.17) is 5.11 Å². The molecule has 0 fully saturated rings. The van der Waals surface area contributed by atoms with Gasteiger partial charge in [0, 0.05) is 18.4 Å². The number of H-pyrrole nitrogens is 1. The second-order valence-electron chi connectivity index (χ2n) is 4.14. The fourth-order valence-electron chi connectivity index (χ4n) is 1.62. The lowest BCUT2D eigenvalue weighted by molar-refractivity contribution is -0.138. The highest BCUT2D eigenvalue weighted by atomic mass is 16.4. The summed E-state index contributed by atoms with van der Waals surface area (Å²) in [6, 6.07) is -0.0899. The summed E-state index contributed by atoms with van der Waals surface area (Å²) in [6.07, 6.45) is 4.06. The van der Waals surface area contributed by atoms with Crippen molar-refractivity contribution in [2.45, 2.75) is 33.2 Å². The summed E-state index contributed by atoms with van der Waals surface area (Å²) in [6.45, 7) is 5.33. The Morgan fingerprint density at radius 2 is 2.12 bits per heavy atom. The molecular formula is C12H18N2O3. The Bertz CT molecular complexity index is 412. The molecule has 2 N–H and O–H groups in total. The topological polar surface area (TPSA) is 73.4 Å². The smallest absolute Gasteiger partial charge is 0.323 e. The second-order valence-corrected chi connectivity index (χ2v) is 4.14. The van der Waals surface area contributed by atoms with Crippen molar-refractivity contribution in [3.8, 4) is 0 Å². The minimum atomic E-state index is -0.994. The van der Waals surface area contributed by atoms with Gasteiger partial charge in [0.2, 0.25) is 0 Å². The first-order valence-electron chi connectivity index (χ1n) is 5.63. The van der Waals surface area contributed by atoms with Crippen molar-refractivity contribution in [1.29, 1.82) is 0 Å². The van der Waals surface area contributed by atoms with Crippen molar-refractivity contribution in [3.63, 3.8) is 0 Å². The molecule has 1 rings (SSSR count). The molecule has 0 aliphatic heterocycles. The maximum Gasteiger partial charge on any atom is 0.323 e. The first kappa shape index (κ1) is 13.3. The number of amides is 1. The van der Waals surface area contributed by atoms with Gasteiger partial charge in [-0.25, -0.2) is 0 Å². The van der Waals surface area contributed by atoms with Crippen LogP contribution >= 0.6 is 0 Å². The number of aliphatic carboxylic acids is 1. The van der Waals surface area contributed by atoms with Crippen LogP contribution in [0.4, 0.5) is 0 Å². The molecule has 0 aromatic carbocycles. The Kier molecular flexibility index (Phi) is 4.31. The van der Waals surface area contributed by atoms with Crippen LogP contribution in [0.2, 0.25) is 0 Å². The molecule has 0 spiro atoms. The third-order valence-electron chi connectivity index (χ3n) is 2.87. The number of hydrogen-bond donors (Lipinski definition) is 2. The Labute approximate surface area is 100 Å². The third kappa shape index (κ3) is 3.09. The summed E-state index contributed by atoms with van der Waals surface area (Å²) < 4.78 is 0. The molecule has 94 valence electrons. The van der Waals surface area contributed by atoms with Crippen molar-refractivity contribution in [1.82, 2.24) is 9.88 Å². The summed E-state index contributed by atoms with van der Waals surface area (Å²) in [7, 11) is 0. The highest BCUT2D eigenvalue weighted by Gasteiger charge is 2.24. The molecule has 1 unspecified atom stereocenters. The zero-order valence-electron chi connectivity index (χ0n) is 10.4. The van der Waals surface area contributed by atoms with Gasteiger partial charge in [0.1, 0.15) is 6.54 Å². The SMILES string of the molecule is CCC(C)N(CC(=O)O)C(=O)c1c[nH]cc1C. The fraction of sp³-hybridized carbons (Fsp3) is 0.500. The van der Waals surface area contributed by atoms with Crippen molar-refractivity contribution in [2.24, 2.45) is 0 Å². The van der Waals surface area contributed by atoms with E-state index < -0.39 is 5.97 Å². The van der Waals surface area contributed by atoms with Gasteiger partial charge < -0.3 is 15.0 Å². The van der Waals surface area contributed by atoms with Crippen LogP contribution in [-0.4, -0.2) is 39.5 Å². The summed E-state index contributed by atoms with van der Waals surface area (Å²) in [5.74, 6) is -1.23. The molecule has 5 heteroatoms. The van der Waals surface area contributed by atoms with Crippen LogP contribution in [0.5, 0.6) is 0 Å². The molecule has 0 bridgehead atoms. The van der Waals surface area contributed by atoms with Crippen molar-refractivity contribution >= 4 is 11.9 Å². The normalized spacial score (nSPS) is 12.2. The largest absolute Gasteiger partial charge is 0.480 e. The lowest BCUT2D eigenvalue weighted by Gasteiger charge is -2.26. The van der Waals surface area contributed by atoms with Crippen molar-refractivity contribution < 1.29 is 14.7 Å². The van der Waals surface area contributed by atoms with E-state index in [1.54, 1.807) is 12.4 Å². The molecule has 1 aromatic rings. The van der Waals surface area contributed by atoms with Crippen LogP contribution < -0.4 is 0 Å². The maximum atomic E-state index is 12.2. The van der Waals surface area contributed by atoms with Crippen LogP contribution in [0.15, 0.2) is 12.4 Å². The van der Waals surface area contributed by atoms with E-state index >= 15 is 0 Å². The number of hydrogen-bond acceptors (Lipinski definition) is 2. The molecule has 0 aliphatic rings. The highest BCUT2D eigenvalue weighted by molar-refractivity contribution is 5.97. The number of nitrogens with one attached hydrogen (secondary N) is 1. The second kappa shape index (κ2) is 5.52. The Morgan fingerprint density at radius 3 is 2.53 bits per heavy atom. The van der Waals surface area contributed by atoms with Gasteiger partial charge >= 0.3 is 5.97 Å². The summed E-state index contributed by atoms with van der Waals surface area (Å²) in [5.41, 5.74) is 1.36. The van der Waals surface area contributed by atoms with E-state index in [2.05, 4.69) is 4.98 Å². The van der Waals surface area contributed by atoms with Gasteiger partial charge in [-0.3, -0.25) is 9.59 Å². The van der Waals surface area contributed by atoms with E-state index in [1.807, 2.05) is 20.8 Å². The van der Waals surface area contributed by atoms with Crippen LogP contribution in [-0.2, 0) is 4.79 Å². The van der Waals surface area contributed by atoms with Gasteiger partial charge in [-0.05, 0) is 25.8 Å². The number of carboxylic acids is 1. The highest BCUT2D eigenvalue weighted by Crippen LogP contribution is 2.13. The third-order valence-corrected chi connectivity index (χ3v) is 2.87. The Morgan fingerprint density at radius 1 is 1.47 bits per heavy atom. The van der Waals surface area contributed by atoms with E-state index in [0.29, 0.717) is 5.56 Å². The lowest BCUT2D eigenvalue weighted by atomic mass is 10.1. The Hall–Kier alpha value is -1.78. The van der Waals surface area contributed by atoms with Gasteiger partial charge in [0.15, 0.2) is 0 Å². The molecule has 1 atom stereocenters. The zero-order chi connectivity index (χ0) is 13.0. The first-order valence-corrected chi connectivity index (χ1v) is 5.63.